The molecule has 78 valence electrons. The highest BCUT2D eigenvalue weighted by molar-refractivity contribution is 5.61. The summed E-state index contributed by atoms with van der Waals surface area (Å²) in [6.07, 6.45) is 8.23. The van der Waals surface area contributed by atoms with E-state index < -0.39 is 0 Å². The SMILES string of the molecule is C=C(NC)/C(=C\C=C/CC)N=CCO. The molecule has 0 aromatic carbocycles. The molecule has 0 amide bonds. The monoisotopic (exact) mass is 194 g/mol. The zero-order valence-corrected chi connectivity index (χ0v) is 8.83. The number of nitrogens with one attached hydrogen (secondary N) is 1. The van der Waals surface area contributed by atoms with E-state index in [1.165, 1.54) is 6.21 Å². The Balaban J connectivity index is 4.54. The highest BCUT2D eigenvalue weighted by atomic mass is 16.2. The average molecular weight is 194 g/mol. The first-order chi connectivity index (χ1) is 6.76. The van der Waals surface area contributed by atoms with Gasteiger partial charge >= 0.3 is 0 Å². The van der Waals surface area contributed by atoms with E-state index in [1.54, 1.807) is 7.05 Å². The first kappa shape index (κ1) is 12.7. The van der Waals surface area contributed by atoms with Crippen LogP contribution in [0.15, 0.2) is 41.2 Å². The minimum absolute atomic E-state index is 0.0637. The molecule has 0 fully saturated rings. The van der Waals surface area contributed by atoms with E-state index in [2.05, 4.69) is 23.8 Å². The number of hydrogen-bond acceptors (Lipinski definition) is 3. The zero-order valence-electron chi connectivity index (χ0n) is 8.83. The summed E-state index contributed by atoms with van der Waals surface area (Å²) in [7, 11) is 1.79. The molecule has 0 radical (unpaired) electrons. The van der Waals surface area contributed by atoms with Gasteiger partial charge in [0.1, 0.15) is 0 Å². The molecule has 0 unspecified atom stereocenters. The second-order valence-corrected chi connectivity index (χ2v) is 2.61. The molecular formula is C11H18N2O. The van der Waals surface area contributed by atoms with Gasteiger partial charge in [-0.2, -0.15) is 0 Å². The van der Waals surface area contributed by atoms with Crippen LogP contribution in [0.3, 0.4) is 0 Å². The van der Waals surface area contributed by atoms with Crippen LogP contribution in [0.4, 0.5) is 0 Å². The van der Waals surface area contributed by atoms with Crippen molar-refractivity contribution in [2.24, 2.45) is 4.99 Å². The van der Waals surface area contributed by atoms with Gasteiger partial charge in [0.25, 0.3) is 0 Å². The quantitative estimate of drug-likeness (QED) is 0.498. The van der Waals surface area contributed by atoms with Gasteiger partial charge in [-0.25, -0.2) is 0 Å². The molecule has 0 aliphatic rings. The molecule has 0 saturated carbocycles. The molecule has 0 aromatic rings. The molecule has 0 spiro atoms. The summed E-state index contributed by atoms with van der Waals surface area (Å²) in [5, 5.41) is 11.5. The molecule has 0 aliphatic carbocycles. The lowest BCUT2D eigenvalue weighted by Gasteiger charge is -2.03. The van der Waals surface area contributed by atoms with E-state index >= 15 is 0 Å². The van der Waals surface area contributed by atoms with Crippen LogP contribution in [0.25, 0.3) is 0 Å². The normalized spacial score (nSPS) is 12.6. The smallest absolute Gasteiger partial charge is 0.0851 e. The predicted molar refractivity (Wildman–Crippen MR) is 61.3 cm³/mol. The first-order valence-electron chi connectivity index (χ1n) is 4.63. The minimum Gasteiger partial charge on any atom is -0.391 e. The van der Waals surface area contributed by atoms with Crippen molar-refractivity contribution in [1.29, 1.82) is 0 Å². The molecule has 0 saturated heterocycles. The molecule has 0 rings (SSSR count). The zero-order chi connectivity index (χ0) is 10.8. The van der Waals surface area contributed by atoms with Crippen molar-refractivity contribution in [3.63, 3.8) is 0 Å². The van der Waals surface area contributed by atoms with E-state index in [9.17, 15) is 0 Å². The van der Waals surface area contributed by atoms with Gasteiger partial charge in [-0.1, -0.05) is 25.7 Å². The largest absolute Gasteiger partial charge is 0.391 e. The van der Waals surface area contributed by atoms with E-state index in [1.807, 2.05) is 18.2 Å². The highest BCUT2D eigenvalue weighted by Gasteiger charge is 1.94. The Hall–Kier alpha value is -1.35. The van der Waals surface area contributed by atoms with Crippen LogP contribution >= 0.6 is 0 Å². The maximum absolute atomic E-state index is 8.60. The lowest BCUT2D eigenvalue weighted by Crippen LogP contribution is -2.06. The van der Waals surface area contributed by atoms with Crippen LogP contribution in [0.5, 0.6) is 0 Å². The van der Waals surface area contributed by atoms with E-state index in [0.29, 0.717) is 0 Å². The Morgan fingerprint density at radius 2 is 2.29 bits per heavy atom. The van der Waals surface area contributed by atoms with Crippen molar-refractivity contribution in [3.8, 4) is 0 Å². The molecule has 14 heavy (non-hydrogen) atoms. The van der Waals surface area contributed by atoms with Gasteiger partial charge in [-0.3, -0.25) is 4.99 Å². The van der Waals surface area contributed by atoms with Gasteiger partial charge in [0, 0.05) is 13.3 Å². The molecular weight excluding hydrogens is 176 g/mol. The molecule has 3 heteroatoms. The lowest BCUT2D eigenvalue weighted by molar-refractivity contribution is 0.361. The number of aliphatic hydroxyl groups is 1. The van der Waals surface area contributed by atoms with Crippen LogP contribution < -0.4 is 5.32 Å². The van der Waals surface area contributed by atoms with Crippen molar-refractivity contribution in [3.05, 3.63) is 36.2 Å². The molecule has 0 heterocycles. The van der Waals surface area contributed by atoms with Crippen LogP contribution in [-0.2, 0) is 0 Å². The summed E-state index contributed by atoms with van der Waals surface area (Å²) < 4.78 is 0. The number of likely N-dealkylation sites (N-methyl/N-ethyl adjacent to an activating group) is 1. The minimum atomic E-state index is -0.0637. The number of rotatable bonds is 6. The third-order valence-corrected chi connectivity index (χ3v) is 1.55. The maximum Gasteiger partial charge on any atom is 0.0851 e. The molecule has 0 aliphatic heterocycles. The summed E-state index contributed by atoms with van der Waals surface area (Å²) >= 11 is 0. The van der Waals surface area contributed by atoms with E-state index in [-0.39, 0.29) is 6.61 Å². The van der Waals surface area contributed by atoms with Gasteiger partial charge in [-0.05, 0) is 12.5 Å². The Bertz CT molecular complexity index is 252. The summed E-state index contributed by atoms with van der Waals surface area (Å²) in [5.74, 6) is 0. The van der Waals surface area contributed by atoms with Gasteiger partial charge in [0.05, 0.1) is 18.0 Å². The number of nitrogens with zero attached hydrogens (tertiary/aromatic N) is 1. The van der Waals surface area contributed by atoms with E-state index in [4.69, 9.17) is 5.11 Å². The second-order valence-electron chi connectivity index (χ2n) is 2.61. The number of hydrogen-bond donors (Lipinski definition) is 2. The summed E-state index contributed by atoms with van der Waals surface area (Å²) in [4.78, 5) is 4.06. The molecule has 0 atom stereocenters. The molecule has 0 aromatic heterocycles. The average Bonchev–Trinajstić information content (AvgIpc) is 2.22. The summed E-state index contributed by atoms with van der Waals surface area (Å²) in [5.41, 5.74) is 1.46. The van der Waals surface area contributed by atoms with Crippen molar-refractivity contribution < 1.29 is 5.11 Å². The lowest BCUT2D eigenvalue weighted by atomic mass is 10.3. The van der Waals surface area contributed by atoms with Crippen molar-refractivity contribution in [2.45, 2.75) is 13.3 Å². The van der Waals surface area contributed by atoms with Crippen molar-refractivity contribution in [2.75, 3.05) is 13.7 Å². The third kappa shape index (κ3) is 5.32. The maximum atomic E-state index is 8.60. The summed E-state index contributed by atoms with van der Waals surface area (Å²) in [6.45, 7) is 5.80. The second kappa shape index (κ2) is 8.26. The highest BCUT2D eigenvalue weighted by Crippen LogP contribution is 2.05. The Morgan fingerprint density at radius 1 is 1.57 bits per heavy atom. The standard InChI is InChI=1S/C11H18N2O/c1-4-5-6-7-11(10(2)12-3)13-8-9-14/h5-8,12,14H,2,4,9H2,1,3H3/b6-5-,11-7+,13-8?. The number of aliphatic hydroxyl groups excluding tert-OH is 1. The first-order valence-corrected chi connectivity index (χ1v) is 4.63. The van der Waals surface area contributed by atoms with Crippen molar-refractivity contribution >= 4 is 6.21 Å². The van der Waals surface area contributed by atoms with Crippen LogP contribution in [0.1, 0.15) is 13.3 Å². The number of aliphatic imine (C=N–C) groups is 1. The fourth-order valence-corrected chi connectivity index (χ4v) is 0.784. The molecule has 2 N–H and O–H groups in total. The van der Waals surface area contributed by atoms with Crippen LogP contribution in [-0.4, -0.2) is 25.0 Å². The fraction of sp³-hybridized carbons (Fsp3) is 0.364. The Labute approximate surface area is 85.6 Å². The van der Waals surface area contributed by atoms with Gasteiger partial charge < -0.3 is 10.4 Å². The molecule has 3 nitrogen and oxygen atoms in total. The van der Waals surface area contributed by atoms with Crippen LogP contribution in [0, 0.1) is 0 Å². The van der Waals surface area contributed by atoms with Gasteiger partial charge in [-0.15, -0.1) is 0 Å². The van der Waals surface area contributed by atoms with Crippen LogP contribution in [0.2, 0.25) is 0 Å². The van der Waals surface area contributed by atoms with Gasteiger partial charge in [0.15, 0.2) is 0 Å². The summed E-state index contributed by atoms with van der Waals surface area (Å²) in [6, 6.07) is 0. The third-order valence-electron chi connectivity index (χ3n) is 1.55. The predicted octanol–water partition coefficient (Wildman–Crippen LogP) is 1.63. The Morgan fingerprint density at radius 3 is 2.79 bits per heavy atom. The topological polar surface area (TPSA) is 44.6 Å². The Kier molecular flexibility index (Phi) is 7.46. The van der Waals surface area contributed by atoms with Crippen molar-refractivity contribution in [1.82, 2.24) is 5.32 Å². The molecule has 0 bridgehead atoms. The van der Waals surface area contributed by atoms with E-state index in [0.717, 1.165) is 17.8 Å². The van der Waals surface area contributed by atoms with Gasteiger partial charge in [0.2, 0.25) is 0 Å². The number of allylic oxidation sites excluding steroid dienone is 3. The fourth-order valence-electron chi connectivity index (χ4n) is 0.784.